The highest BCUT2D eigenvalue weighted by Crippen LogP contribution is 1.92. The van der Waals surface area contributed by atoms with E-state index >= 15 is 0 Å². The van der Waals surface area contributed by atoms with E-state index in [9.17, 15) is 0 Å². The summed E-state index contributed by atoms with van der Waals surface area (Å²) in [6.45, 7) is 2.07. The maximum atomic E-state index is 5.63. The van der Waals surface area contributed by atoms with Crippen LogP contribution in [0, 0.1) is 6.92 Å². The minimum Gasteiger partial charge on any atom is -0.165 e. The lowest BCUT2D eigenvalue weighted by molar-refractivity contribution is 1.50. The Labute approximate surface area is 62.4 Å². The Bertz CT molecular complexity index is 198. The summed E-state index contributed by atoms with van der Waals surface area (Å²) >= 11 is 5.63. The largest absolute Gasteiger partial charge is 0.210 e. The van der Waals surface area contributed by atoms with Crippen LogP contribution in [-0.2, 0) is 0 Å². The van der Waals surface area contributed by atoms with Crippen molar-refractivity contribution in [1.82, 2.24) is 0 Å². The fourth-order valence-electron chi connectivity index (χ4n) is 0.704. The molecule has 1 rings (SSSR count). The molecule has 2 radical (unpaired) electrons. The van der Waals surface area contributed by atoms with Crippen LogP contribution in [0.3, 0.4) is 0 Å². The van der Waals surface area contributed by atoms with Gasteiger partial charge in [0.25, 0.3) is 0 Å². The van der Waals surface area contributed by atoms with Crippen molar-refractivity contribution in [1.29, 1.82) is 0 Å². The van der Waals surface area contributed by atoms with E-state index in [1.807, 2.05) is 12.1 Å². The Morgan fingerprint density at radius 1 is 1.44 bits per heavy atom. The molecule has 0 saturated heterocycles. The Morgan fingerprint density at radius 3 is 2.67 bits per heavy atom. The number of hydrogen-bond acceptors (Lipinski definition) is 0. The molecule has 0 nitrogen and oxygen atoms in total. The molecule has 0 atom stereocenters. The van der Waals surface area contributed by atoms with Crippen LogP contribution in [0.4, 0.5) is 0 Å². The van der Waals surface area contributed by atoms with Crippen molar-refractivity contribution in [3.05, 3.63) is 29.8 Å². The maximum absolute atomic E-state index is 5.63. The van der Waals surface area contributed by atoms with Crippen molar-refractivity contribution in [2.24, 2.45) is 0 Å². The summed E-state index contributed by atoms with van der Waals surface area (Å²) in [4.78, 5) is 0. The summed E-state index contributed by atoms with van der Waals surface area (Å²) in [6, 6.07) is 8.24. The Balaban J connectivity index is 2.94. The molecule has 1 aromatic carbocycles. The number of halogens is 1. The zero-order valence-electron chi connectivity index (χ0n) is 5.19. The van der Waals surface area contributed by atoms with E-state index in [-0.39, 0.29) is 0 Å². The highest BCUT2D eigenvalue weighted by molar-refractivity contribution is 7.01. The van der Waals surface area contributed by atoms with Crippen molar-refractivity contribution in [3.8, 4) is 0 Å². The van der Waals surface area contributed by atoms with Crippen molar-refractivity contribution in [2.45, 2.75) is 6.92 Å². The van der Waals surface area contributed by atoms with Crippen molar-refractivity contribution in [3.63, 3.8) is 0 Å². The lowest BCUT2D eigenvalue weighted by Gasteiger charge is -1.93. The summed E-state index contributed by atoms with van der Waals surface area (Å²) < 4.78 is 0. The van der Waals surface area contributed by atoms with Gasteiger partial charge in [0.2, 0.25) is 8.83 Å². The first-order valence-corrected chi connectivity index (χ1v) is 4.77. The molecule has 0 heterocycles. The van der Waals surface area contributed by atoms with Gasteiger partial charge in [0.05, 0.1) is 0 Å². The zero-order valence-corrected chi connectivity index (χ0v) is 6.94. The number of hydrogen-bond donors (Lipinski definition) is 0. The van der Waals surface area contributed by atoms with Gasteiger partial charge >= 0.3 is 0 Å². The minimum atomic E-state index is 0.399. The predicted molar refractivity (Wildman–Crippen MR) is 42.4 cm³/mol. The van der Waals surface area contributed by atoms with Gasteiger partial charge in [0, 0.05) is 0 Å². The van der Waals surface area contributed by atoms with E-state index in [0.717, 1.165) is 0 Å². The van der Waals surface area contributed by atoms with Gasteiger partial charge in [-0.1, -0.05) is 29.8 Å². The SMILES string of the molecule is Cc1cccc([Si]Cl)c1. The fraction of sp³-hybridized carbons (Fsp3) is 0.143. The van der Waals surface area contributed by atoms with Crippen LogP contribution in [-0.4, -0.2) is 8.83 Å². The molecule has 46 valence electrons. The highest BCUT2D eigenvalue weighted by Gasteiger charge is 1.89. The molecule has 0 aliphatic carbocycles. The van der Waals surface area contributed by atoms with Crippen LogP contribution in [0.25, 0.3) is 0 Å². The van der Waals surface area contributed by atoms with Crippen LogP contribution in [0.5, 0.6) is 0 Å². The molecule has 2 heteroatoms. The first-order valence-electron chi connectivity index (χ1n) is 2.76. The summed E-state index contributed by atoms with van der Waals surface area (Å²) in [5, 5.41) is 1.22. The highest BCUT2D eigenvalue weighted by atomic mass is 35.6. The third-order valence-corrected chi connectivity index (χ3v) is 2.31. The van der Waals surface area contributed by atoms with Crippen molar-refractivity contribution < 1.29 is 0 Å². The standard InChI is InChI=1S/C7H7ClSi/c1-6-3-2-4-7(5-6)9-8/h2-5H,1H3. The van der Waals surface area contributed by atoms with E-state index in [4.69, 9.17) is 11.1 Å². The fourth-order valence-corrected chi connectivity index (χ4v) is 1.50. The monoisotopic (exact) mass is 154 g/mol. The molecule has 0 amide bonds. The molecule has 1 aromatic rings. The van der Waals surface area contributed by atoms with Gasteiger partial charge in [-0.3, -0.25) is 0 Å². The Morgan fingerprint density at radius 2 is 2.22 bits per heavy atom. The third kappa shape index (κ3) is 1.84. The number of benzene rings is 1. The smallest absolute Gasteiger partial charge is 0.165 e. The van der Waals surface area contributed by atoms with Gasteiger partial charge in [-0.15, -0.1) is 0 Å². The molecule has 0 fully saturated rings. The molecule has 0 aromatic heterocycles. The topological polar surface area (TPSA) is 0 Å². The van der Waals surface area contributed by atoms with Crippen LogP contribution in [0.2, 0.25) is 0 Å². The van der Waals surface area contributed by atoms with Gasteiger partial charge in [-0.05, 0) is 12.1 Å². The van der Waals surface area contributed by atoms with E-state index in [1.165, 1.54) is 10.8 Å². The summed E-state index contributed by atoms with van der Waals surface area (Å²) in [5.41, 5.74) is 1.28. The zero-order chi connectivity index (χ0) is 6.69. The summed E-state index contributed by atoms with van der Waals surface area (Å²) in [5.74, 6) is 0. The van der Waals surface area contributed by atoms with Crippen LogP contribution < -0.4 is 5.19 Å². The predicted octanol–water partition coefficient (Wildman–Crippen LogP) is 1.48. The summed E-state index contributed by atoms with van der Waals surface area (Å²) in [6.07, 6.45) is 0. The molecular weight excluding hydrogens is 148 g/mol. The van der Waals surface area contributed by atoms with Gasteiger partial charge in [-0.25, -0.2) is 0 Å². The Hall–Kier alpha value is -0.273. The van der Waals surface area contributed by atoms with E-state index in [0.29, 0.717) is 8.83 Å². The van der Waals surface area contributed by atoms with Crippen molar-refractivity contribution in [2.75, 3.05) is 0 Å². The lowest BCUT2D eigenvalue weighted by Crippen LogP contribution is -2.07. The maximum Gasteiger partial charge on any atom is 0.210 e. The average Bonchev–Trinajstić information content (AvgIpc) is 1.88. The van der Waals surface area contributed by atoms with Crippen LogP contribution >= 0.6 is 11.1 Å². The minimum absolute atomic E-state index is 0.399. The molecule has 0 N–H and O–H groups in total. The van der Waals surface area contributed by atoms with E-state index in [1.54, 1.807) is 0 Å². The summed E-state index contributed by atoms with van der Waals surface area (Å²) in [7, 11) is 0.399. The van der Waals surface area contributed by atoms with Gasteiger partial charge in [0.1, 0.15) is 0 Å². The van der Waals surface area contributed by atoms with Gasteiger partial charge in [0.15, 0.2) is 0 Å². The van der Waals surface area contributed by atoms with Crippen LogP contribution in [0.1, 0.15) is 5.56 Å². The quantitative estimate of drug-likeness (QED) is 0.425. The first-order chi connectivity index (χ1) is 4.33. The van der Waals surface area contributed by atoms with Crippen LogP contribution in [0.15, 0.2) is 24.3 Å². The van der Waals surface area contributed by atoms with Gasteiger partial charge in [-0.2, -0.15) is 11.1 Å². The average molecular weight is 155 g/mol. The molecule has 0 aliphatic heterocycles. The normalized spacial score (nSPS) is 9.56. The second kappa shape index (κ2) is 3.04. The molecule has 0 unspecified atom stereocenters. The van der Waals surface area contributed by atoms with Crippen molar-refractivity contribution >= 4 is 25.1 Å². The third-order valence-electron chi connectivity index (χ3n) is 1.13. The second-order valence-electron chi connectivity index (χ2n) is 1.96. The van der Waals surface area contributed by atoms with Gasteiger partial charge < -0.3 is 0 Å². The molecule has 9 heavy (non-hydrogen) atoms. The molecule has 0 spiro atoms. The molecule has 0 aliphatic rings. The Kier molecular flexibility index (Phi) is 2.31. The molecule has 0 saturated carbocycles. The molecular formula is C7H7ClSi. The molecule has 0 bridgehead atoms. The lowest BCUT2D eigenvalue weighted by atomic mass is 10.2. The number of rotatable bonds is 1. The van der Waals surface area contributed by atoms with E-state index < -0.39 is 0 Å². The second-order valence-corrected chi connectivity index (χ2v) is 3.30. The number of aryl methyl sites for hydroxylation is 1. The first kappa shape index (κ1) is 6.84. The van der Waals surface area contributed by atoms with E-state index in [2.05, 4.69) is 19.1 Å².